The van der Waals surface area contributed by atoms with Crippen LogP contribution >= 0.6 is 11.3 Å². The standard InChI is InChI=1S/C19H9F3N2O5S/c20-9-2-1-3-11-14(9)23-17(29-11)16(26)24-18-12(19(27)28)8(6-30-18)7-4-5-10(21)15(25)13(7)22/h1-6,25H,(H,24,26)(H,27,28). The van der Waals surface area contributed by atoms with Crippen LogP contribution in [0.1, 0.15) is 21.0 Å². The first-order valence-corrected chi connectivity index (χ1v) is 9.04. The van der Waals surface area contributed by atoms with Gasteiger partial charge in [0.25, 0.3) is 5.89 Å². The fourth-order valence-electron chi connectivity index (χ4n) is 2.78. The van der Waals surface area contributed by atoms with Crippen LogP contribution in [-0.4, -0.2) is 27.1 Å². The van der Waals surface area contributed by atoms with E-state index in [1.165, 1.54) is 17.5 Å². The second kappa shape index (κ2) is 7.19. The van der Waals surface area contributed by atoms with E-state index in [2.05, 4.69) is 10.3 Å². The number of hydrogen-bond donors (Lipinski definition) is 3. The number of thiophene rings is 1. The summed E-state index contributed by atoms with van der Waals surface area (Å²) in [6.07, 6.45) is 0. The largest absolute Gasteiger partial charge is 0.503 e. The van der Waals surface area contributed by atoms with Crippen LogP contribution in [0.4, 0.5) is 18.2 Å². The molecule has 0 radical (unpaired) electrons. The van der Waals surface area contributed by atoms with E-state index in [1.54, 1.807) is 0 Å². The van der Waals surface area contributed by atoms with E-state index in [0.29, 0.717) is 0 Å². The fourth-order valence-corrected chi connectivity index (χ4v) is 3.73. The fraction of sp³-hybridized carbons (Fsp3) is 0. The Balaban J connectivity index is 1.73. The maximum absolute atomic E-state index is 14.3. The number of carboxylic acids is 1. The lowest BCUT2D eigenvalue weighted by Crippen LogP contribution is -2.14. The smallest absolute Gasteiger partial charge is 0.339 e. The van der Waals surface area contributed by atoms with Gasteiger partial charge < -0.3 is 19.9 Å². The number of phenols is 1. The van der Waals surface area contributed by atoms with Crippen LogP contribution in [0.5, 0.6) is 5.75 Å². The van der Waals surface area contributed by atoms with E-state index >= 15 is 0 Å². The van der Waals surface area contributed by atoms with Gasteiger partial charge in [-0.3, -0.25) is 4.79 Å². The number of phenolic OH excluding ortho intramolecular Hbond substituents is 1. The number of carbonyl (C=O) groups is 2. The van der Waals surface area contributed by atoms with E-state index in [9.17, 15) is 33.0 Å². The van der Waals surface area contributed by atoms with Gasteiger partial charge in [-0.05, 0) is 24.3 Å². The van der Waals surface area contributed by atoms with E-state index in [0.717, 1.165) is 29.5 Å². The van der Waals surface area contributed by atoms with Crippen molar-refractivity contribution in [2.45, 2.75) is 0 Å². The predicted molar refractivity (Wildman–Crippen MR) is 100 cm³/mol. The monoisotopic (exact) mass is 434 g/mol. The van der Waals surface area contributed by atoms with Gasteiger partial charge in [-0.25, -0.2) is 22.9 Å². The molecule has 0 fully saturated rings. The molecule has 0 aliphatic carbocycles. The van der Waals surface area contributed by atoms with Gasteiger partial charge in [0.2, 0.25) is 0 Å². The van der Waals surface area contributed by atoms with Crippen molar-refractivity contribution < 1.29 is 37.4 Å². The minimum atomic E-state index is -1.51. The zero-order chi connectivity index (χ0) is 21.6. The molecule has 2 aromatic carbocycles. The molecule has 11 heteroatoms. The lowest BCUT2D eigenvalue weighted by atomic mass is 10.0. The molecular weight excluding hydrogens is 425 g/mol. The van der Waals surface area contributed by atoms with Crippen molar-refractivity contribution in [3.63, 3.8) is 0 Å². The molecule has 0 saturated carbocycles. The molecule has 1 amide bonds. The van der Waals surface area contributed by atoms with Crippen LogP contribution in [0.2, 0.25) is 0 Å². The SMILES string of the molecule is O=C(Nc1scc(-c2ccc(F)c(O)c2F)c1C(=O)O)c1nc2c(F)cccc2o1. The molecule has 30 heavy (non-hydrogen) atoms. The number of nitrogens with one attached hydrogen (secondary N) is 1. The normalized spacial score (nSPS) is 11.0. The Morgan fingerprint density at radius 1 is 1.07 bits per heavy atom. The Hall–Kier alpha value is -3.86. The second-order valence-corrected chi connectivity index (χ2v) is 6.86. The van der Waals surface area contributed by atoms with Crippen LogP contribution < -0.4 is 5.32 Å². The third-order valence-electron chi connectivity index (χ3n) is 4.15. The summed E-state index contributed by atoms with van der Waals surface area (Å²) >= 11 is 0.753. The number of anilines is 1. The summed E-state index contributed by atoms with van der Waals surface area (Å²) in [5, 5.41) is 22.3. The molecule has 0 saturated heterocycles. The van der Waals surface area contributed by atoms with Crippen LogP contribution in [0.25, 0.3) is 22.2 Å². The van der Waals surface area contributed by atoms with Crippen molar-refractivity contribution in [2.75, 3.05) is 5.32 Å². The minimum absolute atomic E-state index is 0.0225. The highest BCUT2D eigenvalue weighted by Crippen LogP contribution is 2.39. The first kappa shape index (κ1) is 19.5. The van der Waals surface area contributed by atoms with E-state index in [1.807, 2.05) is 0 Å². The average Bonchev–Trinajstić information content (AvgIpc) is 3.31. The topological polar surface area (TPSA) is 113 Å². The van der Waals surface area contributed by atoms with Crippen molar-refractivity contribution in [1.82, 2.24) is 4.98 Å². The quantitative estimate of drug-likeness (QED) is 0.432. The second-order valence-electron chi connectivity index (χ2n) is 5.98. The van der Waals surface area contributed by atoms with Crippen molar-refractivity contribution in [3.05, 3.63) is 64.6 Å². The number of aromatic carboxylic acids is 1. The third-order valence-corrected chi connectivity index (χ3v) is 5.05. The Morgan fingerprint density at radius 2 is 1.83 bits per heavy atom. The number of amides is 1. The number of halogens is 3. The lowest BCUT2D eigenvalue weighted by Gasteiger charge is -2.07. The molecule has 4 rings (SSSR count). The molecule has 0 aliphatic heterocycles. The van der Waals surface area contributed by atoms with E-state index in [4.69, 9.17) is 4.42 Å². The molecule has 3 N–H and O–H groups in total. The Kier molecular flexibility index (Phi) is 4.66. The van der Waals surface area contributed by atoms with Crippen LogP contribution in [0.15, 0.2) is 40.1 Å². The van der Waals surface area contributed by atoms with Crippen molar-refractivity contribution in [2.24, 2.45) is 0 Å². The number of aromatic nitrogens is 1. The van der Waals surface area contributed by atoms with Crippen LogP contribution in [-0.2, 0) is 0 Å². The molecule has 0 bridgehead atoms. The van der Waals surface area contributed by atoms with Gasteiger partial charge >= 0.3 is 11.9 Å². The third kappa shape index (κ3) is 3.14. The zero-order valence-corrected chi connectivity index (χ0v) is 15.4. The van der Waals surface area contributed by atoms with Gasteiger partial charge in [-0.15, -0.1) is 11.3 Å². The molecule has 4 aromatic rings. The number of carboxylic acid groups (broad SMARTS) is 1. The van der Waals surface area contributed by atoms with Crippen molar-refractivity contribution in [3.8, 4) is 16.9 Å². The Labute approximate surface area is 169 Å². The number of rotatable bonds is 4. The average molecular weight is 434 g/mol. The minimum Gasteiger partial charge on any atom is -0.503 e. The van der Waals surface area contributed by atoms with Gasteiger partial charge in [-0.1, -0.05) is 6.07 Å². The summed E-state index contributed by atoms with van der Waals surface area (Å²) in [7, 11) is 0. The number of aromatic hydroxyl groups is 1. The molecule has 0 spiro atoms. The Bertz CT molecular complexity index is 1330. The maximum Gasteiger partial charge on any atom is 0.339 e. The summed E-state index contributed by atoms with van der Waals surface area (Å²) in [5.41, 5.74) is -1.18. The highest BCUT2D eigenvalue weighted by Gasteiger charge is 2.26. The summed E-state index contributed by atoms with van der Waals surface area (Å²) in [6.45, 7) is 0. The number of hydrogen-bond acceptors (Lipinski definition) is 6. The molecule has 2 heterocycles. The van der Waals surface area contributed by atoms with Crippen LogP contribution in [0, 0.1) is 17.5 Å². The molecule has 7 nitrogen and oxygen atoms in total. The molecule has 0 unspecified atom stereocenters. The van der Waals surface area contributed by atoms with Crippen LogP contribution in [0.3, 0.4) is 0 Å². The van der Waals surface area contributed by atoms with Gasteiger partial charge in [0.05, 0.1) is 0 Å². The first-order chi connectivity index (χ1) is 14.3. The molecular formula is C19H9F3N2O5S. The van der Waals surface area contributed by atoms with Gasteiger partial charge in [0.15, 0.2) is 28.8 Å². The number of oxazole rings is 1. The zero-order valence-electron chi connectivity index (χ0n) is 14.6. The molecule has 0 aliphatic rings. The molecule has 152 valence electrons. The summed E-state index contributed by atoms with van der Waals surface area (Å²) in [5.74, 6) is -7.48. The van der Waals surface area contributed by atoms with E-state index in [-0.39, 0.29) is 27.2 Å². The van der Waals surface area contributed by atoms with E-state index < -0.39 is 46.5 Å². The van der Waals surface area contributed by atoms with Gasteiger partial charge in [-0.2, -0.15) is 0 Å². The van der Waals surface area contributed by atoms with Gasteiger partial charge in [0.1, 0.15) is 16.1 Å². The predicted octanol–water partition coefficient (Wildman–Crippen LogP) is 4.63. The number of benzene rings is 2. The van der Waals surface area contributed by atoms with Gasteiger partial charge in [0, 0.05) is 16.5 Å². The lowest BCUT2D eigenvalue weighted by molar-refractivity contribution is 0.0699. The number of nitrogens with zero attached hydrogens (tertiary/aromatic N) is 1. The van der Waals surface area contributed by atoms with Crippen molar-refractivity contribution >= 4 is 39.3 Å². The maximum atomic E-state index is 14.3. The summed E-state index contributed by atoms with van der Waals surface area (Å²) in [6, 6.07) is 5.65. The van der Waals surface area contributed by atoms with Crippen molar-refractivity contribution in [1.29, 1.82) is 0 Å². The number of carbonyl (C=O) groups excluding carboxylic acids is 1. The number of para-hydroxylation sites is 1. The summed E-state index contributed by atoms with van der Waals surface area (Å²) < 4.78 is 46.5. The Morgan fingerprint density at radius 3 is 2.53 bits per heavy atom. The first-order valence-electron chi connectivity index (χ1n) is 8.16. The highest BCUT2D eigenvalue weighted by molar-refractivity contribution is 7.15. The molecule has 2 aromatic heterocycles. The summed E-state index contributed by atoms with van der Waals surface area (Å²) in [4.78, 5) is 27.9. The number of fused-ring (bicyclic) bond motifs is 1. The molecule has 0 atom stereocenters. The highest BCUT2D eigenvalue weighted by atomic mass is 32.1.